The van der Waals surface area contributed by atoms with Gasteiger partial charge in [0.05, 0.1) is 0 Å². The SMILES string of the molecule is CC1CC2CC(C)C3(c4cc5ccccc5cc4-c4cc5ccc(-c6cc(-c7ccccc7)cc(-c7cccc8c7C(C)(C)c7ccccc7-8)c6)cc5cc43)C(C1)C2. The van der Waals surface area contributed by atoms with E-state index in [-0.39, 0.29) is 10.8 Å². The highest BCUT2D eigenvalue weighted by Crippen LogP contribution is 2.65. The molecule has 0 amide bonds. The van der Waals surface area contributed by atoms with Crippen LogP contribution in [0.1, 0.15) is 75.6 Å². The molecular formula is C58H50. The molecule has 5 unspecified atom stereocenters. The van der Waals surface area contributed by atoms with Crippen molar-refractivity contribution >= 4 is 21.5 Å². The summed E-state index contributed by atoms with van der Waals surface area (Å²) in [6, 6.07) is 60.9. The standard InChI is InChI=1S/C58H50/c1-35-23-37-25-36(2)58(47(24-35)26-37)54-33-40-16-9-8-15-39(40)31-51(54)52-32-42-22-21-41(27-45(42)34-55(52)58)44-28-43(38-13-6-5-7-14-38)29-46(30-44)48-18-12-19-50-49-17-10-11-20-53(49)57(3,4)56(48)50/h5-22,27-37,47H,23-26H2,1-4H3. The fraction of sp³-hybridized carbons (Fsp3) is 0.241. The molecule has 12 rings (SSSR count). The van der Waals surface area contributed by atoms with E-state index in [1.54, 1.807) is 11.1 Å². The van der Waals surface area contributed by atoms with Crippen LogP contribution in [-0.4, -0.2) is 0 Å². The van der Waals surface area contributed by atoms with Crippen LogP contribution < -0.4 is 0 Å². The molecule has 2 saturated carbocycles. The van der Waals surface area contributed by atoms with Gasteiger partial charge in [-0.25, -0.2) is 0 Å². The summed E-state index contributed by atoms with van der Waals surface area (Å²) in [6.07, 6.45) is 5.41. The van der Waals surface area contributed by atoms with E-state index in [1.165, 1.54) is 114 Å². The second-order valence-corrected chi connectivity index (χ2v) is 19.1. The largest absolute Gasteiger partial charge is 0.0625 e. The second kappa shape index (κ2) is 12.4. The molecule has 0 saturated heterocycles. The Balaban J connectivity index is 1.06. The minimum atomic E-state index is -0.0967. The number of hydrogen-bond acceptors (Lipinski definition) is 0. The number of rotatable bonds is 3. The van der Waals surface area contributed by atoms with Crippen molar-refractivity contribution in [3.05, 3.63) is 180 Å². The molecule has 0 N–H and O–H groups in total. The molecule has 4 aliphatic carbocycles. The lowest BCUT2D eigenvalue weighted by Gasteiger charge is -2.54. The van der Waals surface area contributed by atoms with Crippen LogP contribution in [0.2, 0.25) is 0 Å². The molecule has 0 aromatic heterocycles. The highest BCUT2D eigenvalue weighted by atomic mass is 14.6. The monoisotopic (exact) mass is 746 g/mol. The number of benzene rings is 8. The summed E-state index contributed by atoms with van der Waals surface area (Å²) in [6.45, 7) is 9.92. The maximum Gasteiger partial charge on any atom is 0.0269 e. The third kappa shape index (κ3) is 4.81. The van der Waals surface area contributed by atoms with Gasteiger partial charge in [-0.05, 0) is 197 Å². The van der Waals surface area contributed by atoms with Crippen molar-refractivity contribution < 1.29 is 0 Å². The van der Waals surface area contributed by atoms with Gasteiger partial charge in [-0.15, -0.1) is 0 Å². The van der Waals surface area contributed by atoms with E-state index in [4.69, 9.17) is 0 Å². The summed E-state index contributed by atoms with van der Waals surface area (Å²) in [7, 11) is 0. The van der Waals surface area contributed by atoms with Crippen molar-refractivity contribution in [2.75, 3.05) is 0 Å². The van der Waals surface area contributed by atoms with E-state index in [0.717, 1.165) is 11.8 Å². The molecular weight excluding hydrogens is 697 g/mol. The maximum atomic E-state index is 2.65. The van der Waals surface area contributed by atoms with E-state index in [2.05, 4.69) is 185 Å². The van der Waals surface area contributed by atoms with Gasteiger partial charge in [-0.2, -0.15) is 0 Å². The quantitative estimate of drug-likeness (QED) is 0.169. The third-order valence-corrected chi connectivity index (χ3v) is 15.5. The molecule has 2 bridgehead atoms. The lowest BCUT2D eigenvalue weighted by Crippen LogP contribution is -2.49. The molecule has 0 heterocycles. The van der Waals surface area contributed by atoms with Crippen LogP contribution in [0.3, 0.4) is 0 Å². The molecule has 58 heavy (non-hydrogen) atoms. The van der Waals surface area contributed by atoms with Gasteiger partial charge in [-0.1, -0.05) is 137 Å². The Morgan fingerprint density at radius 1 is 0.397 bits per heavy atom. The van der Waals surface area contributed by atoms with Gasteiger partial charge in [0.2, 0.25) is 0 Å². The summed E-state index contributed by atoms with van der Waals surface area (Å²) in [5.41, 5.74) is 19.3. The predicted octanol–water partition coefficient (Wildman–Crippen LogP) is 15.7. The summed E-state index contributed by atoms with van der Waals surface area (Å²) >= 11 is 0. The summed E-state index contributed by atoms with van der Waals surface area (Å²) in [5.74, 6) is 2.90. The molecule has 282 valence electrons. The Bertz CT molecular complexity index is 2980. The molecule has 8 aromatic rings. The van der Waals surface area contributed by atoms with Crippen LogP contribution in [0.15, 0.2) is 158 Å². The first kappa shape index (κ1) is 34.3. The minimum Gasteiger partial charge on any atom is -0.0625 e. The summed E-state index contributed by atoms with van der Waals surface area (Å²) < 4.78 is 0. The second-order valence-electron chi connectivity index (χ2n) is 19.1. The Labute approximate surface area is 343 Å². The average molecular weight is 747 g/mol. The van der Waals surface area contributed by atoms with Gasteiger partial charge in [-0.3, -0.25) is 0 Å². The van der Waals surface area contributed by atoms with Crippen molar-refractivity contribution in [3.8, 4) is 55.6 Å². The molecule has 0 radical (unpaired) electrons. The van der Waals surface area contributed by atoms with Gasteiger partial charge < -0.3 is 0 Å². The molecule has 0 nitrogen and oxygen atoms in total. The van der Waals surface area contributed by atoms with Gasteiger partial charge in [0.15, 0.2) is 0 Å². The minimum absolute atomic E-state index is 0.0442. The van der Waals surface area contributed by atoms with Crippen molar-refractivity contribution in [2.24, 2.45) is 23.7 Å². The molecule has 5 atom stereocenters. The van der Waals surface area contributed by atoms with Crippen LogP contribution >= 0.6 is 0 Å². The maximum absolute atomic E-state index is 2.65. The van der Waals surface area contributed by atoms with Crippen LogP contribution in [0.5, 0.6) is 0 Å². The molecule has 1 spiro atoms. The first-order chi connectivity index (χ1) is 28.3. The first-order valence-corrected chi connectivity index (χ1v) is 21.8. The molecule has 8 aromatic carbocycles. The lowest BCUT2D eigenvalue weighted by molar-refractivity contribution is 0.0427. The third-order valence-electron chi connectivity index (χ3n) is 15.5. The van der Waals surface area contributed by atoms with Crippen LogP contribution in [0.25, 0.3) is 77.2 Å². The van der Waals surface area contributed by atoms with Crippen LogP contribution in [0, 0.1) is 23.7 Å². The molecule has 2 fully saturated rings. The van der Waals surface area contributed by atoms with Crippen molar-refractivity contribution in [1.29, 1.82) is 0 Å². The normalized spacial score (nSPS) is 23.4. The van der Waals surface area contributed by atoms with E-state index >= 15 is 0 Å². The fourth-order valence-corrected chi connectivity index (χ4v) is 13.2. The van der Waals surface area contributed by atoms with E-state index in [1.807, 2.05) is 0 Å². The Morgan fingerprint density at radius 3 is 1.81 bits per heavy atom. The van der Waals surface area contributed by atoms with Gasteiger partial charge in [0.1, 0.15) is 0 Å². The topological polar surface area (TPSA) is 0 Å². The zero-order valence-corrected chi connectivity index (χ0v) is 34.1. The Morgan fingerprint density at radius 2 is 1.02 bits per heavy atom. The van der Waals surface area contributed by atoms with E-state index in [0.29, 0.717) is 11.8 Å². The van der Waals surface area contributed by atoms with Crippen molar-refractivity contribution in [1.82, 2.24) is 0 Å². The zero-order valence-electron chi connectivity index (χ0n) is 34.1. The van der Waals surface area contributed by atoms with Crippen LogP contribution in [0.4, 0.5) is 0 Å². The molecule has 0 heteroatoms. The van der Waals surface area contributed by atoms with E-state index in [9.17, 15) is 0 Å². The highest BCUT2D eigenvalue weighted by molar-refractivity contribution is 6.00. The van der Waals surface area contributed by atoms with Gasteiger partial charge in [0, 0.05) is 10.8 Å². The number of fused-ring (bicyclic) bond motifs is 13. The van der Waals surface area contributed by atoms with Crippen LogP contribution in [-0.2, 0) is 10.8 Å². The van der Waals surface area contributed by atoms with E-state index < -0.39 is 0 Å². The smallest absolute Gasteiger partial charge is 0.0269 e. The van der Waals surface area contributed by atoms with Gasteiger partial charge in [0.25, 0.3) is 0 Å². The zero-order chi connectivity index (χ0) is 38.9. The highest BCUT2D eigenvalue weighted by Gasteiger charge is 2.56. The van der Waals surface area contributed by atoms with Crippen molar-refractivity contribution in [2.45, 2.75) is 64.2 Å². The van der Waals surface area contributed by atoms with Crippen molar-refractivity contribution in [3.63, 3.8) is 0 Å². The summed E-state index contributed by atoms with van der Waals surface area (Å²) in [5, 5.41) is 5.42. The Kier molecular flexibility index (Phi) is 7.34. The van der Waals surface area contributed by atoms with Gasteiger partial charge >= 0.3 is 0 Å². The lowest BCUT2D eigenvalue weighted by atomic mass is 9.49. The number of hydrogen-bond donors (Lipinski definition) is 0. The molecule has 4 aliphatic rings. The Hall–Kier alpha value is -5.72. The first-order valence-electron chi connectivity index (χ1n) is 21.8. The summed E-state index contributed by atoms with van der Waals surface area (Å²) in [4.78, 5) is 0. The molecule has 0 aliphatic heterocycles. The predicted molar refractivity (Wildman–Crippen MR) is 245 cm³/mol. The average Bonchev–Trinajstić information content (AvgIpc) is 3.65. The fourth-order valence-electron chi connectivity index (χ4n) is 13.2.